The number of hydrogen-bond donors (Lipinski definition) is 1. The van der Waals surface area contributed by atoms with Gasteiger partial charge >= 0.3 is 5.97 Å². The van der Waals surface area contributed by atoms with Crippen LogP contribution in [0.1, 0.15) is 66.7 Å². The van der Waals surface area contributed by atoms with Crippen LogP contribution in [0, 0.1) is 5.92 Å². The molecule has 0 unspecified atom stereocenters. The Morgan fingerprint density at radius 3 is 2.29 bits per heavy atom. The van der Waals surface area contributed by atoms with Gasteiger partial charge in [0, 0.05) is 13.0 Å². The van der Waals surface area contributed by atoms with Crippen LogP contribution in [0.5, 0.6) is 0 Å². The molecule has 0 fully saturated rings. The van der Waals surface area contributed by atoms with E-state index in [4.69, 9.17) is 14.2 Å². The molecule has 0 aromatic heterocycles. The van der Waals surface area contributed by atoms with E-state index in [9.17, 15) is 14.7 Å². The third-order valence-corrected chi connectivity index (χ3v) is 3.73. The van der Waals surface area contributed by atoms with Gasteiger partial charge in [0.15, 0.2) is 0 Å². The van der Waals surface area contributed by atoms with Crippen LogP contribution >= 0.6 is 0 Å². The molecule has 6 heteroatoms. The second-order valence-electron chi connectivity index (χ2n) is 7.12. The standard InChI is InChI=1S/C18H34O6/c1-7-14(23-12-22-6)9-8-10-15(19)13(2)16(20)11-17(21)24-18(3,4)5/h13-15,19H,7-12H2,1-6H3/t13-,14+,15+/m1/s1. The number of methoxy groups -OCH3 is 1. The van der Waals surface area contributed by atoms with Crippen molar-refractivity contribution in [3.63, 3.8) is 0 Å². The van der Waals surface area contributed by atoms with Crippen molar-refractivity contribution in [2.75, 3.05) is 13.9 Å². The lowest BCUT2D eigenvalue weighted by Crippen LogP contribution is -2.30. The summed E-state index contributed by atoms with van der Waals surface area (Å²) in [4.78, 5) is 23.8. The Morgan fingerprint density at radius 1 is 1.17 bits per heavy atom. The Hall–Kier alpha value is -0.980. The molecule has 0 radical (unpaired) electrons. The molecular weight excluding hydrogens is 312 g/mol. The molecule has 0 aromatic carbocycles. The summed E-state index contributed by atoms with van der Waals surface area (Å²) in [5, 5.41) is 10.2. The highest BCUT2D eigenvalue weighted by Gasteiger charge is 2.26. The van der Waals surface area contributed by atoms with Gasteiger partial charge < -0.3 is 19.3 Å². The second-order valence-corrected chi connectivity index (χ2v) is 7.12. The van der Waals surface area contributed by atoms with Gasteiger partial charge in [-0.1, -0.05) is 13.8 Å². The molecule has 0 amide bonds. The van der Waals surface area contributed by atoms with E-state index in [1.54, 1.807) is 34.8 Å². The van der Waals surface area contributed by atoms with Gasteiger partial charge in [-0.3, -0.25) is 9.59 Å². The van der Waals surface area contributed by atoms with E-state index in [-0.39, 0.29) is 25.1 Å². The summed E-state index contributed by atoms with van der Waals surface area (Å²) in [5.41, 5.74) is -0.614. The van der Waals surface area contributed by atoms with Crippen molar-refractivity contribution in [1.29, 1.82) is 0 Å². The molecule has 0 aliphatic heterocycles. The smallest absolute Gasteiger partial charge is 0.313 e. The van der Waals surface area contributed by atoms with E-state index < -0.39 is 23.6 Å². The van der Waals surface area contributed by atoms with Crippen LogP contribution in [-0.2, 0) is 23.8 Å². The molecule has 1 N–H and O–H groups in total. The Balaban J connectivity index is 4.18. The van der Waals surface area contributed by atoms with Crippen LogP contribution < -0.4 is 0 Å². The number of carbonyl (C=O) groups is 2. The summed E-state index contributed by atoms with van der Waals surface area (Å²) < 4.78 is 15.5. The Bertz CT molecular complexity index is 374. The van der Waals surface area contributed by atoms with E-state index in [0.29, 0.717) is 6.42 Å². The minimum atomic E-state index is -0.764. The fourth-order valence-electron chi connectivity index (χ4n) is 2.27. The van der Waals surface area contributed by atoms with Gasteiger partial charge in [0.05, 0.1) is 12.2 Å². The van der Waals surface area contributed by atoms with Crippen molar-refractivity contribution in [3.8, 4) is 0 Å². The minimum absolute atomic E-state index is 0.0879. The predicted octanol–water partition coefficient (Wildman–Crippen LogP) is 2.85. The Kier molecular flexibility index (Phi) is 11.1. The molecule has 0 spiro atoms. The molecule has 0 aromatic rings. The largest absolute Gasteiger partial charge is 0.460 e. The quantitative estimate of drug-likeness (QED) is 0.332. The zero-order valence-corrected chi connectivity index (χ0v) is 16.0. The van der Waals surface area contributed by atoms with E-state index in [1.165, 1.54) is 0 Å². The lowest BCUT2D eigenvalue weighted by atomic mass is 9.93. The molecule has 0 saturated heterocycles. The molecule has 142 valence electrons. The maximum absolute atomic E-state index is 12.1. The summed E-state index contributed by atoms with van der Waals surface area (Å²) in [5.74, 6) is -1.43. The van der Waals surface area contributed by atoms with Gasteiger partial charge in [-0.2, -0.15) is 0 Å². The first-order chi connectivity index (χ1) is 11.1. The average Bonchev–Trinajstić information content (AvgIpc) is 2.47. The van der Waals surface area contributed by atoms with Crippen molar-refractivity contribution >= 4 is 11.8 Å². The summed E-state index contributed by atoms with van der Waals surface area (Å²) in [6.45, 7) is 9.20. The molecule has 0 aliphatic carbocycles. The summed E-state index contributed by atoms with van der Waals surface area (Å²) in [6, 6.07) is 0. The number of ketones is 1. The lowest BCUT2D eigenvalue weighted by molar-refractivity contribution is -0.157. The van der Waals surface area contributed by atoms with Crippen molar-refractivity contribution in [2.24, 2.45) is 5.92 Å². The van der Waals surface area contributed by atoms with Crippen LogP contribution in [-0.4, -0.2) is 48.6 Å². The van der Waals surface area contributed by atoms with Crippen LogP contribution in [0.15, 0.2) is 0 Å². The maximum atomic E-state index is 12.1. The minimum Gasteiger partial charge on any atom is -0.460 e. The van der Waals surface area contributed by atoms with Crippen molar-refractivity contribution in [3.05, 3.63) is 0 Å². The summed E-state index contributed by atoms with van der Waals surface area (Å²) >= 11 is 0. The highest BCUT2D eigenvalue weighted by Crippen LogP contribution is 2.17. The zero-order valence-electron chi connectivity index (χ0n) is 16.0. The molecule has 3 atom stereocenters. The molecule has 6 nitrogen and oxygen atoms in total. The second kappa shape index (κ2) is 11.6. The lowest BCUT2D eigenvalue weighted by Gasteiger charge is -2.22. The number of aliphatic hydroxyl groups is 1. The van der Waals surface area contributed by atoms with Crippen molar-refractivity contribution < 1.29 is 28.9 Å². The normalized spacial score (nSPS) is 15.6. The van der Waals surface area contributed by atoms with Crippen LogP contribution in [0.3, 0.4) is 0 Å². The van der Waals surface area contributed by atoms with Gasteiger partial charge in [-0.05, 0) is 46.5 Å². The number of ether oxygens (including phenoxy) is 3. The van der Waals surface area contributed by atoms with Gasteiger partial charge in [-0.15, -0.1) is 0 Å². The number of carbonyl (C=O) groups excluding carboxylic acids is 2. The molecule has 0 saturated carbocycles. The first-order valence-electron chi connectivity index (χ1n) is 8.63. The molecular formula is C18H34O6. The highest BCUT2D eigenvalue weighted by molar-refractivity contribution is 5.97. The molecule has 0 heterocycles. The van der Waals surface area contributed by atoms with Gasteiger partial charge in [-0.25, -0.2) is 0 Å². The fraction of sp³-hybridized carbons (Fsp3) is 0.889. The molecule has 0 aliphatic rings. The van der Waals surface area contributed by atoms with Crippen LogP contribution in [0.25, 0.3) is 0 Å². The molecule has 0 rings (SSSR count). The van der Waals surface area contributed by atoms with Crippen LogP contribution in [0.4, 0.5) is 0 Å². The molecule has 0 bridgehead atoms. The van der Waals surface area contributed by atoms with Gasteiger partial charge in [0.1, 0.15) is 24.6 Å². The maximum Gasteiger partial charge on any atom is 0.313 e. The summed E-state index contributed by atoms with van der Waals surface area (Å²) in [6.07, 6.45) is 1.92. The number of Topliss-reactive ketones (excluding diaryl/α,β-unsaturated/α-hetero) is 1. The first-order valence-corrected chi connectivity index (χ1v) is 8.63. The van der Waals surface area contributed by atoms with E-state index in [2.05, 4.69) is 0 Å². The number of aliphatic hydroxyl groups excluding tert-OH is 1. The first kappa shape index (κ1) is 23.0. The van der Waals surface area contributed by atoms with Crippen molar-refractivity contribution in [1.82, 2.24) is 0 Å². The highest BCUT2D eigenvalue weighted by atomic mass is 16.7. The number of esters is 1. The van der Waals surface area contributed by atoms with Crippen LogP contribution in [0.2, 0.25) is 0 Å². The third-order valence-electron chi connectivity index (χ3n) is 3.73. The topological polar surface area (TPSA) is 82.1 Å². The van der Waals surface area contributed by atoms with Gasteiger partial charge in [0.25, 0.3) is 0 Å². The Morgan fingerprint density at radius 2 is 1.79 bits per heavy atom. The Labute approximate surface area is 145 Å². The zero-order chi connectivity index (χ0) is 18.8. The van der Waals surface area contributed by atoms with E-state index in [0.717, 1.165) is 19.3 Å². The summed E-state index contributed by atoms with van der Waals surface area (Å²) in [7, 11) is 1.58. The SMILES string of the molecule is CC[C@@H](CCC[C@H](O)[C@@H](C)C(=O)CC(=O)OC(C)(C)C)OCOC. The van der Waals surface area contributed by atoms with E-state index in [1.807, 2.05) is 6.92 Å². The predicted molar refractivity (Wildman–Crippen MR) is 91.5 cm³/mol. The third kappa shape index (κ3) is 10.7. The number of rotatable bonds is 12. The van der Waals surface area contributed by atoms with E-state index >= 15 is 0 Å². The van der Waals surface area contributed by atoms with Gasteiger partial charge in [0.2, 0.25) is 0 Å². The average molecular weight is 346 g/mol. The fourth-order valence-corrected chi connectivity index (χ4v) is 2.27. The van der Waals surface area contributed by atoms with Crippen molar-refractivity contribution in [2.45, 2.75) is 84.5 Å². The number of hydrogen-bond acceptors (Lipinski definition) is 6. The monoisotopic (exact) mass is 346 g/mol. The molecule has 24 heavy (non-hydrogen) atoms.